The number of pyridine rings is 1. The number of nitrogens with zero attached hydrogens (tertiary/aromatic N) is 1. The van der Waals surface area contributed by atoms with Crippen molar-refractivity contribution in [2.24, 2.45) is 0 Å². The first kappa shape index (κ1) is 12.8. The molecule has 0 aliphatic heterocycles. The van der Waals surface area contributed by atoms with Crippen LogP contribution in [0.2, 0.25) is 0 Å². The van der Waals surface area contributed by atoms with Gasteiger partial charge in [-0.15, -0.1) is 11.8 Å². The molecule has 18 heavy (non-hydrogen) atoms. The highest BCUT2D eigenvalue weighted by molar-refractivity contribution is 7.98. The quantitative estimate of drug-likeness (QED) is 0.857. The highest BCUT2D eigenvalue weighted by atomic mass is 32.2. The normalized spacial score (nSPS) is 10.3. The minimum absolute atomic E-state index is 0.490. The largest absolute Gasteiger partial charge is 0.480 e. The Morgan fingerprint density at radius 2 is 2.11 bits per heavy atom. The van der Waals surface area contributed by atoms with E-state index in [1.165, 1.54) is 11.1 Å². The second-order valence-corrected chi connectivity index (χ2v) is 5.02. The molecule has 0 saturated carbocycles. The lowest BCUT2D eigenvalue weighted by atomic mass is 10.2. The summed E-state index contributed by atoms with van der Waals surface area (Å²) >= 11 is 1.67. The molecule has 2 aromatic rings. The summed E-state index contributed by atoms with van der Waals surface area (Å²) in [6.07, 6.45) is 0. The number of methoxy groups -OCH3 is 1. The standard InChI is InChI=1S/C14H16N2OS/c1-10-4-3-5-11(8-10)9-18-13-7-6-12(15)14(16-13)17-2/h3-8H,9,15H2,1-2H3. The summed E-state index contributed by atoms with van der Waals surface area (Å²) in [5.74, 6) is 1.38. The number of anilines is 1. The van der Waals surface area contributed by atoms with Gasteiger partial charge in [-0.2, -0.15) is 0 Å². The zero-order valence-electron chi connectivity index (χ0n) is 10.5. The Hall–Kier alpha value is -1.68. The summed E-state index contributed by atoms with van der Waals surface area (Å²) in [5, 5.41) is 0.919. The van der Waals surface area contributed by atoms with Gasteiger partial charge in [0, 0.05) is 5.75 Å². The van der Waals surface area contributed by atoms with Crippen molar-refractivity contribution in [2.45, 2.75) is 17.7 Å². The van der Waals surface area contributed by atoms with E-state index in [2.05, 4.69) is 36.2 Å². The molecule has 0 bridgehead atoms. The number of hydrogen-bond donors (Lipinski definition) is 1. The van der Waals surface area contributed by atoms with Crippen molar-refractivity contribution in [1.82, 2.24) is 4.98 Å². The molecule has 2 rings (SSSR count). The van der Waals surface area contributed by atoms with Gasteiger partial charge >= 0.3 is 0 Å². The lowest BCUT2D eigenvalue weighted by Crippen LogP contribution is -1.96. The second kappa shape index (κ2) is 5.78. The lowest BCUT2D eigenvalue weighted by Gasteiger charge is -2.06. The molecule has 2 N–H and O–H groups in total. The minimum atomic E-state index is 0.490. The monoisotopic (exact) mass is 260 g/mol. The maximum atomic E-state index is 5.73. The van der Waals surface area contributed by atoms with E-state index in [0.29, 0.717) is 11.6 Å². The van der Waals surface area contributed by atoms with Crippen LogP contribution in [0.4, 0.5) is 5.69 Å². The summed E-state index contributed by atoms with van der Waals surface area (Å²) in [6, 6.07) is 12.2. The Morgan fingerprint density at radius 1 is 1.28 bits per heavy atom. The molecule has 3 nitrogen and oxygen atoms in total. The molecule has 0 atom stereocenters. The number of hydrogen-bond acceptors (Lipinski definition) is 4. The third-order valence-corrected chi connectivity index (χ3v) is 3.53. The van der Waals surface area contributed by atoms with E-state index in [1.807, 2.05) is 12.1 Å². The van der Waals surface area contributed by atoms with E-state index in [0.717, 1.165) is 10.8 Å². The van der Waals surface area contributed by atoms with Crippen LogP contribution in [0.25, 0.3) is 0 Å². The van der Waals surface area contributed by atoms with Crippen LogP contribution in [0.1, 0.15) is 11.1 Å². The molecule has 0 unspecified atom stereocenters. The number of benzene rings is 1. The molecule has 0 aliphatic carbocycles. The first-order valence-corrected chi connectivity index (χ1v) is 6.66. The average molecular weight is 260 g/mol. The third kappa shape index (κ3) is 3.17. The smallest absolute Gasteiger partial charge is 0.237 e. The van der Waals surface area contributed by atoms with Crippen LogP contribution in [0.3, 0.4) is 0 Å². The molecular weight excluding hydrogens is 244 g/mol. The van der Waals surface area contributed by atoms with E-state index >= 15 is 0 Å². The van der Waals surface area contributed by atoms with Crippen LogP contribution >= 0.6 is 11.8 Å². The van der Waals surface area contributed by atoms with E-state index in [-0.39, 0.29) is 0 Å². The van der Waals surface area contributed by atoms with Gasteiger partial charge in [0.15, 0.2) is 0 Å². The zero-order chi connectivity index (χ0) is 13.0. The first-order chi connectivity index (χ1) is 8.69. The number of aromatic nitrogens is 1. The summed E-state index contributed by atoms with van der Waals surface area (Å²) in [4.78, 5) is 4.34. The minimum Gasteiger partial charge on any atom is -0.480 e. The first-order valence-electron chi connectivity index (χ1n) is 5.68. The van der Waals surface area contributed by atoms with Crippen molar-refractivity contribution in [3.63, 3.8) is 0 Å². The van der Waals surface area contributed by atoms with Crippen LogP contribution < -0.4 is 10.5 Å². The highest BCUT2D eigenvalue weighted by Crippen LogP contribution is 2.26. The second-order valence-electron chi connectivity index (χ2n) is 4.03. The van der Waals surface area contributed by atoms with Gasteiger partial charge in [-0.25, -0.2) is 4.98 Å². The number of rotatable bonds is 4. The van der Waals surface area contributed by atoms with Gasteiger partial charge in [0.25, 0.3) is 0 Å². The molecule has 0 radical (unpaired) electrons. The van der Waals surface area contributed by atoms with Gasteiger partial charge < -0.3 is 10.5 Å². The van der Waals surface area contributed by atoms with E-state index < -0.39 is 0 Å². The van der Waals surface area contributed by atoms with Gasteiger partial charge in [0.1, 0.15) is 5.03 Å². The topological polar surface area (TPSA) is 48.1 Å². The summed E-state index contributed by atoms with van der Waals surface area (Å²) < 4.78 is 5.11. The van der Waals surface area contributed by atoms with E-state index in [9.17, 15) is 0 Å². The average Bonchev–Trinajstić information content (AvgIpc) is 2.38. The molecular formula is C14H16N2OS. The molecule has 0 aliphatic rings. The highest BCUT2D eigenvalue weighted by Gasteiger charge is 2.04. The van der Waals surface area contributed by atoms with E-state index in [1.54, 1.807) is 18.9 Å². The van der Waals surface area contributed by atoms with Crippen LogP contribution in [-0.2, 0) is 5.75 Å². The van der Waals surface area contributed by atoms with Crippen LogP contribution in [0.15, 0.2) is 41.4 Å². The number of nitrogen functional groups attached to an aromatic ring is 1. The molecule has 0 amide bonds. The predicted molar refractivity (Wildman–Crippen MR) is 75.9 cm³/mol. The molecule has 1 heterocycles. The van der Waals surface area contributed by atoms with Crippen LogP contribution in [-0.4, -0.2) is 12.1 Å². The summed E-state index contributed by atoms with van der Waals surface area (Å²) in [6.45, 7) is 2.10. The number of nitrogens with two attached hydrogens (primary N) is 1. The molecule has 4 heteroatoms. The number of ether oxygens (including phenoxy) is 1. The predicted octanol–water partition coefficient (Wildman–Crippen LogP) is 3.27. The molecule has 1 aromatic carbocycles. The van der Waals surface area contributed by atoms with Crippen LogP contribution in [0, 0.1) is 6.92 Å². The lowest BCUT2D eigenvalue weighted by molar-refractivity contribution is 0.397. The molecule has 1 aromatic heterocycles. The Kier molecular flexibility index (Phi) is 4.10. The summed E-state index contributed by atoms with van der Waals surface area (Å²) in [5.41, 5.74) is 8.86. The van der Waals surface area contributed by atoms with Crippen molar-refractivity contribution in [3.05, 3.63) is 47.5 Å². The maximum absolute atomic E-state index is 5.73. The van der Waals surface area contributed by atoms with Crippen molar-refractivity contribution in [3.8, 4) is 5.88 Å². The fourth-order valence-electron chi connectivity index (χ4n) is 1.64. The van der Waals surface area contributed by atoms with Crippen molar-refractivity contribution in [1.29, 1.82) is 0 Å². The molecule has 0 spiro atoms. The fraction of sp³-hybridized carbons (Fsp3) is 0.214. The third-order valence-electron chi connectivity index (χ3n) is 2.53. The van der Waals surface area contributed by atoms with Crippen molar-refractivity contribution >= 4 is 17.4 Å². The van der Waals surface area contributed by atoms with Gasteiger partial charge in [0.05, 0.1) is 12.8 Å². The van der Waals surface area contributed by atoms with E-state index in [4.69, 9.17) is 10.5 Å². The summed E-state index contributed by atoms with van der Waals surface area (Å²) in [7, 11) is 1.58. The molecule has 0 saturated heterocycles. The van der Waals surface area contributed by atoms with Crippen LogP contribution in [0.5, 0.6) is 5.88 Å². The van der Waals surface area contributed by atoms with Crippen molar-refractivity contribution in [2.75, 3.05) is 12.8 Å². The van der Waals surface area contributed by atoms with Gasteiger partial charge in [-0.05, 0) is 24.6 Å². The Morgan fingerprint density at radius 3 is 2.83 bits per heavy atom. The molecule has 94 valence electrons. The maximum Gasteiger partial charge on any atom is 0.237 e. The zero-order valence-corrected chi connectivity index (χ0v) is 11.3. The fourth-order valence-corrected chi connectivity index (χ4v) is 2.44. The Labute approximate surface area is 111 Å². The van der Waals surface area contributed by atoms with Crippen molar-refractivity contribution < 1.29 is 4.74 Å². The Bertz CT molecular complexity index is 543. The van der Waals surface area contributed by atoms with Gasteiger partial charge in [-0.1, -0.05) is 29.8 Å². The number of thioether (sulfide) groups is 1. The van der Waals surface area contributed by atoms with Gasteiger partial charge in [-0.3, -0.25) is 0 Å². The Balaban J connectivity index is 2.06. The number of aryl methyl sites for hydroxylation is 1. The van der Waals surface area contributed by atoms with Gasteiger partial charge in [0.2, 0.25) is 5.88 Å². The SMILES string of the molecule is COc1nc(SCc2cccc(C)c2)ccc1N. The molecule has 0 fully saturated rings.